The Labute approximate surface area is 130 Å². The summed E-state index contributed by atoms with van der Waals surface area (Å²) in [5.74, 6) is 1.22. The van der Waals surface area contributed by atoms with E-state index in [9.17, 15) is 4.79 Å². The van der Waals surface area contributed by atoms with Crippen LogP contribution in [0.3, 0.4) is 0 Å². The van der Waals surface area contributed by atoms with Crippen molar-refractivity contribution >= 4 is 10.8 Å². The van der Waals surface area contributed by atoms with Crippen LogP contribution in [0.25, 0.3) is 10.8 Å². The minimum absolute atomic E-state index is 0.0467. The van der Waals surface area contributed by atoms with E-state index in [1.54, 1.807) is 6.20 Å². The normalized spacial score (nSPS) is 22.2. The Kier molecular flexibility index (Phi) is 4.21. The first-order chi connectivity index (χ1) is 10.5. The van der Waals surface area contributed by atoms with Crippen molar-refractivity contribution in [1.82, 2.24) is 4.98 Å². The van der Waals surface area contributed by atoms with E-state index >= 15 is 0 Å². The SMILES string of the molecule is CC(C)c1cc2c(=O)[nH]ccc2cc1O[C@H]1CC[C@@H](N)CC1. The Balaban J connectivity index is 1.96. The van der Waals surface area contributed by atoms with Crippen LogP contribution < -0.4 is 16.0 Å². The number of nitrogens with one attached hydrogen (secondary N) is 1. The van der Waals surface area contributed by atoms with Crippen LogP contribution in [0.5, 0.6) is 5.75 Å². The van der Waals surface area contributed by atoms with E-state index in [4.69, 9.17) is 10.5 Å². The van der Waals surface area contributed by atoms with Gasteiger partial charge in [0.1, 0.15) is 5.75 Å². The van der Waals surface area contributed by atoms with Crippen LogP contribution in [-0.2, 0) is 0 Å². The van der Waals surface area contributed by atoms with Gasteiger partial charge in [-0.3, -0.25) is 4.79 Å². The zero-order valence-electron chi connectivity index (χ0n) is 13.3. The van der Waals surface area contributed by atoms with Crippen LogP contribution in [-0.4, -0.2) is 17.1 Å². The molecule has 1 fully saturated rings. The molecule has 2 aromatic rings. The Hall–Kier alpha value is -1.81. The molecule has 1 saturated carbocycles. The van der Waals surface area contributed by atoms with E-state index in [0.29, 0.717) is 12.0 Å². The maximum absolute atomic E-state index is 12.0. The molecule has 0 saturated heterocycles. The van der Waals surface area contributed by atoms with E-state index in [1.807, 2.05) is 18.2 Å². The Morgan fingerprint density at radius 3 is 2.64 bits per heavy atom. The first-order valence-corrected chi connectivity index (χ1v) is 8.12. The lowest BCUT2D eigenvalue weighted by atomic mass is 9.93. The third kappa shape index (κ3) is 3.02. The second kappa shape index (κ2) is 6.13. The van der Waals surface area contributed by atoms with Crippen LogP contribution in [0, 0.1) is 0 Å². The first-order valence-electron chi connectivity index (χ1n) is 8.12. The number of fused-ring (bicyclic) bond motifs is 1. The predicted molar refractivity (Wildman–Crippen MR) is 89.5 cm³/mol. The van der Waals surface area contributed by atoms with Gasteiger partial charge in [-0.1, -0.05) is 13.8 Å². The summed E-state index contributed by atoms with van der Waals surface area (Å²) < 4.78 is 6.28. The van der Waals surface area contributed by atoms with Gasteiger partial charge in [0.15, 0.2) is 0 Å². The number of nitrogens with two attached hydrogens (primary N) is 1. The number of hydrogen-bond donors (Lipinski definition) is 2. The smallest absolute Gasteiger partial charge is 0.255 e. The molecule has 0 radical (unpaired) electrons. The quantitative estimate of drug-likeness (QED) is 0.914. The van der Waals surface area contributed by atoms with Gasteiger partial charge in [0.25, 0.3) is 5.56 Å². The second-order valence-corrected chi connectivity index (χ2v) is 6.59. The highest BCUT2D eigenvalue weighted by Gasteiger charge is 2.21. The van der Waals surface area contributed by atoms with Gasteiger partial charge in [0, 0.05) is 17.6 Å². The highest BCUT2D eigenvalue weighted by atomic mass is 16.5. The summed E-state index contributed by atoms with van der Waals surface area (Å²) in [5.41, 5.74) is 7.02. The molecule has 0 spiro atoms. The third-order valence-corrected chi connectivity index (χ3v) is 4.54. The van der Waals surface area contributed by atoms with Crippen molar-refractivity contribution < 1.29 is 4.74 Å². The highest BCUT2D eigenvalue weighted by Crippen LogP contribution is 2.33. The van der Waals surface area contributed by atoms with Crippen molar-refractivity contribution in [2.75, 3.05) is 0 Å². The molecule has 4 nitrogen and oxygen atoms in total. The molecule has 0 unspecified atom stereocenters. The van der Waals surface area contributed by atoms with Gasteiger partial charge in [-0.15, -0.1) is 0 Å². The first kappa shape index (κ1) is 15.1. The zero-order chi connectivity index (χ0) is 15.7. The number of ether oxygens (including phenoxy) is 1. The summed E-state index contributed by atoms with van der Waals surface area (Å²) >= 11 is 0. The molecular weight excluding hydrogens is 276 g/mol. The Morgan fingerprint density at radius 1 is 1.23 bits per heavy atom. The minimum atomic E-state index is -0.0467. The molecule has 1 aromatic carbocycles. The third-order valence-electron chi connectivity index (χ3n) is 4.54. The number of rotatable bonds is 3. The van der Waals surface area contributed by atoms with E-state index < -0.39 is 0 Å². The standard InChI is InChI=1S/C18H24N2O2/c1-11(2)15-10-16-12(7-8-20-18(16)21)9-17(15)22-14-5-3-13(19)4-6-14/h7-11,13-14H,3-6,19H2,1-2H3,(H,20,21)/t13-,14+. The molecule has 118 valence electrons. The zero-order valence-corrected chi connectivity index (χ0v) is 13.3. The number of H-pyrrole nitrogens is 1. The van der Waals surface area contributed by atoms with Crippen LogP contribution in [0.2, 0.25) is 0 Å². The van der Waals surface area contributed by atoms with E-state index in [-0.39, 0.29) is 11.7 Å². The topological polar surface area (TPSA) is 68.1 Å². The number of benzene rings is 1. The molecule has 1 aliphatic carbocycles. The molecule has 4 heteroatoms. The van der Waals surface area contributed by atoms with Crippen LogP contribution in [0.1, 0.15) is 51.0 Å². The fourth-order valence-electron chi connectivity index (χ4n) is 3.17. The molecule has 1 heterocycles. The molecule has 1 aromatic heterocycles. The van der Waals surface area contributed by atoms with E-state index in [0.717, 1.165) is 47.8 Å². The molecular formula is C18H24N2O2. The molecule has 22 heavy (non-hydrogen) atoms. The molecule has 0 amide bonds. The lowest BCUT2D eigenvalue weighted by molar-refractivity contribution is 0.145. The summed E-state index contributed by atoms with van der Waals surface area (Å²) in [7, 11) is 0. The van der Waals surface area contributed by atoms with Crippen molar-refractivity contribution in [3.8, 4) is 5.75 Å². The molecule has 1 aliphatic rings. The molecule has 0 bridgehead atoms. The summed E-state index contributed by atoms with van der Waals surface area (Å²) in [6, 6.07) is 6.22. The van der Waals surface area contributed by atoms with Crippen molar-refractivity contribution in [3.05, 3.63) is 40.3 Å². The summed E-state index contributed by atoms with van der Waals surface area (Å²) in [6.07, 6.45) is 5.97. The second-order valence-electron chi connectivity index (χ2n) is 6.59. The molecule has 3 N–H and O–H groups in total. The lowest BCUT2D eigenvalue weighted by Gasteiger charge is -2.28. The summed E-state index contributed by atoms with van der Waals surface area (Å²) in [4.78, 5) is 14.7. The van der Waals surface area contributed by atoms with Gasteiger partial charge >= 0.3 is 0 Å². The van der Waals surface area contributed by atoms with Crippen molar-refractivity contribution in [1.29, 1.82) is 0 Å². The maximum Gasteiger partial charge on any atom is 0.255 e. The van der Waals surface area contributed by atoms with Gasteiger partial charge in [0.05, 0.1) is 6.10 Å². The average Bonchev–Trinajstić information content (AvgIpc) is 2.49. The van der Waals surface area contributed by atoms with Gasteiger partial charge < -0.3 is 15.5 Å². The number of aromatic amines is 1. The lowest BCUT2D eigenvalue weighted by Crippen LogP contribution is -2.31. The average molecular weight is 300 g/mol. The Bertz CT molecular complexity index is 713. The number of hydrogen-bond acceptors (Lipinski definition) is 3. The predicted octanol–water partition coefficient (Wildman–Crippen LogP) is 3.30. The van der Waals surface area contributed by atoms with Crippen molar-refractivity contribution in [3.63, 3.8) is 0 Å². The molecule has 0 aliphatic heterocycles. The molecule has 0 atom stereocenters. The highest BCUT2D eigenvalue weighted by molar-refractivity contribution is 5.84. The van der Waals surface area contributed by atoms with Gasteiger partial charge in [-0.2, -0.15) is 0 Å². The van der Waals surface area contributed by atoms with Crippen LogP contribution >= 0.6 is 0 Å². The molecule has 3 rings (SSSR count). The fourth-order valence-corrected chi connectivity index (χ4v) is 3.17. The van der Waals surface area contributed by atoms with Crippen molar-refractivity contribution in [2.24, 2.45) is 5.73 Å². The van der Waals surface area contributed by atoms with Crippen molar-refractivity contribution in [2.45, 2.75) is 57.6 Å². The monoisotopic (exact) mass is 300 g/mol. The fraction of sp³-hybridized carbons (Fsp3) is 0.500. The minimum Gasteiger partial charge on any atom is -0.490 e. The maximum atomic E-state index is 12.0. The number of pyridine rings is 1. The number of aromatic nitrogens is 1. The largest absolute Gasteiger partial charge is 0.490 e. The van der Waals surface area contributed by atoms with Crippen LogP contribution in [0.15, 0.2) is 29.2 Å². The van der Waals surface area contributed by atoms with Gasteiger partial charge in [-0.05, 0) is 60.7 Å². The van der Waals surface area contributed by atoms with E-state index in [2.05, 4.69) is 18.8 Å². The van der Waals surface area contributed by atoms with Gasteiger partial charge in [-0.25, -0.2) is 0 Å². The van der Waals surface area contributed by atoms with E-state index in [1.165, 1.54) is 0 Å². The Morgan fingerprint density at radius 2 is 1.95 bits per heavy atom. The summed E-state index contributed by atoms with van der Waals surface area (Å²) in [6.45, 7) is 4.25. The summed E-state index contributed by atoms with van der Waals surface area (Å²) in [5, 5.41) is 1.65. The van der Waals surface area contributed by atoms with Gasteiger partial charge in [0.2, 0.25) is 0 Å². The van der Waals surface area contributed by atoms with Crippen LogP contribution in [0.4, 0.5) is 0 Å².